The molecule has 1 heterocycles. The molecule has 0 atom stereocenters. The van der Waals surface area contributed by atoms with Gasteiger partial charge in [0.1, 0.15) is 22.8 Å². The molecule has 0 aliphatic heterocycles. The molecule has 0 aliphatic rings. The maximum absolute atomic E-state index is 12.4. The molecule has 130 valence electrons. The summed E-state index contributed by atoms with van der Waals surface area (Å²) in [5.41, 5.74) is 1.66. The molecule has 5 heteroatoms. The molecule has 3 aromatic rings. The van der Waals surface area contributed by atoms with E-state index in [-0.39, 0.29) is 5.63 Å². The molecule has 0 spiro atoms. The normalized spacial score (nSPS) is 10.7. The van der Waals surface area contributed by atoms with Crippen LogP contribution >= 0.6 is 0 Å². The van der Waals surface area contributed by atoms with Gasteiger partial charge in [0, 0.05) is 24.1 Å². The fourth-order valence-electron chi connectivity index (χ4n) is 2.71. The van der Waals surface area contributed by atoms with E-state index in [0.29, 0.717) is 35.7 Å². The van der Waals surface area contributed by atoms with E-state index in [0.717, 1.165) is 16.7 Å². The Hall–Kier alpha value is -2.95. The van der Waals surface area contributed by atoms with E-state index in [9.17, 15) is 4.79 Å². The van der Waals surface area contributed by atoms with Gasteiger partial charge in [-0.3, -0.25) is 0 Å². The number of benzene rings is 2. The quantitative estimate of drug-likeness (QED) is 0.639. The topological polar surface area (TPSA) is 57.9 Å². The van der Waals surface area contributed by atoms with Crippen LogP contribution in [0.1, 0.15) is 18.1 Å². The van der Waals surface area contributed by atoms with E-state index in [2.05, 4.69) is 0 Å². The first-order chi connectivity index (χ1) is 12.1. The van der Waals surface area contributed by atoms with Gasteiger partial charge in [-0.25, -0.2) is 4.79 Å². The van der Waals surface area contributed by atoms with Crippen LogP contribution in [0.15, 0.2) is 51.7 Å². The van der Waals surface area contributed by atoms with Crippen LogP contribution < -0.4 is 19.8 Å². The van der Waals surface area contributed by atoms with Gasteiger partial charge in [-0.1, -0.05) is 12.1 Å². The van der Waals surface area contributed by atoms with E-state index in [4.69, 9.17) is 18.6 Å². The number of ether oxygens (including phenoxy) is 3. The Morgan fingerprint density at radius 3 is 2.36 bits per heavy atom. The van der Waals surface area contributed by atoms with Gasteiger partial charge in [-0.15, -0.1) is 0 Å². The highest BCUT2D eigenvalue weighted by Crippen LogP contribution is 2.31. The summed E-state index contributed by atoms with van der Waals surface area (Å²) in [7, 11) is 3.20. The summed E-state index contributed by atoms with van der Waals surface area (Å²) in [5, 5.41) is 0.745. The average molecular weight is 340 g/mol. The minimum absolute atomic E-state index is 0.362. The van der Waals surface area contributed by atoms with Gasteiger partial charge >= 0.3 is 5.63 Å². The number of methoxy groups -OCH3 is 2. The van der Waals surface area contributed by atoms with Crippen molar-refractivity contribution in [3.05, 3.63) is 64.0 Å². The fourth-order valence-corrected chi connectivity index (χ4v) is 2.71. The molecule has 3 rings (SSSR count). The molecule has 0 bridgehead atoms. The highest BCUT2D eigenvalue weighted by Gasteiger charge is 2.12. The van der Waals surface area contributed by atoms with E-state index >= 15 is 0 Å². The lowest BCUT2D eigenvalue weighted by atomic mass is 10.0. The highest BCUT2D eigenvalue weighted by atomic mass is 16.5. The van der Waals surface area contributed by atoms with Crippen LogP contribution in [0.4, 0.5) is 0 Å². The fraction of sp³-hybridized carbons (Fsp3) is 0.250. The lowest BCUT2D eigenvalue weighted by Gasteiger charge is -2.10. The molecule has 0 radical (unpaired) electrons. The Bertz CT molecular complexity index is 925. The summed E-state index contributed by atoms with van der Waals surface area (Å²) in [6, 6.07) is 12.9. The van der Waals surface area contributed by atoms with Crippen LogP contribution in [0.2, 0.25) is 0 Å². The molecule has 25 heavy (non-hydrogen) atoms. The lowest BCUT2D eigenvalue weighted by Crippen LogP contribution is -2.08. The summed E-state index contributed by atoms with van der Waals surface area (Å²) in [4.78, 5) is 12.4. The van der Waals surface area contributed by atoms with Crippen molar-refractivity contribution < 1.29 is 18.6 Å². The van der Waals surface area contributed by atoms with Crippen LogP contribution in [0.3, 0.4) is 0 Å². The second-order valence-electron chi connectivity index (χ2n) is 5.55. The first-order valence-electron chi connectivity index (χ1n) is 8.05. The van der Waals surface area contributed by atoms with Gasteiger partial charge in [0.25, 0.3) is 0 Å². The van der Waals surface area contributed by atoms with Crippen molar-refractivity contribution in [1.29, 1.82) is 0 Å². The molecule has 0 fully saturated rings. The van der Waals surface area contributed by atoms with Crippen molar-refractivity contribution in [2.24, 2.45) is 0 Å². The van der Waals surface area contributed by atoms with E-state index < -0.39 is 0 Å². The third-order valence-corrected chi connectivity index (χ3v) is 3.95. The number of hydrogen-bond acceptors (Lipinski definition) is 5. The van der Waals surface area contributed by atoms with Gasteiger partial charge in [0.2, 0.25) is 0 Å². The van der Waals surface area contributed by atoms with E-state index in [1.165, 1.54) is 0 Å². The number of rotatable bonds is 6. The molecule has 2 aromatic carbocycles. The summed E-state index contributed by atoms with van der Waals surface area (Å²) >= 11 is 0. The van der Waals surface area contributed by atoms with Crippen molar-refractivity contribution in [2.75, 3.05) is 20.8 Å². The standard InChI is InChI=1S/C20H20O5/c1-4-24-16-11-18(23-3)17-10-14(20(21)25-19(17)12-16)9-13-5-7-15(22-2)8-6-13/h5-8,10-12H,4,9H2,1-3H3. The van der Waals surface area contributed by atoms with Crippen LogP contribution in [-0.2, 0) is 6.42 Å². The molecular weight excluding hydrogens is 320 g/mol. The number of hydrogen-bond donors (Lipinski definition) is 0. The van der Waals surface area contributed by atoms with Gasteiger partial charge < -0.3 is 18.6 Å². The third kappa shape index (κ3) is 3.60. The Balaban J connectivity index is 2.02. The van der Waals surface area contributed by atoms with Crippen molar-refractivity contribution in [1.82, 2.24) is 0 Å². The third-order valence-electron chi connectivity index (χ3n) is 3.95. The zero-order valence-corrected chi connectivity index (χ0v) is 14.5. The lowest BCUT2D eigenvalue weighted by molar-refractivity contribution is 0.336. The highest BCUT2D eigenvalue weighted by molar-refractivity contribution is 5.85. The predicted octanol–water partition coefficient (Wildman–Crippen LogP) is 3.80. The smallest absolute Gasteiger partial charge is 0.339 e. The van der Waals surface area contributed by atoms with Crippen LogP contribution in [0, 0.1) is 0 Å². The second kappa shape index (κ2) is 7.30. The second-order valence-corrected chi connectivity index (χ2v) is 5.55. The Labute approximate surface area is 145 Å². The van der Waals surface area contributed by atoms with Gasteiger partial charge in [0.15, 0.2) is 0 Å². The van der Waals surface area contributed by atoms with Crippen molar-refractivity contribution in [3.8, 4) is 17.2 Å². The monoisotopic (exact) mass is 340 g/mol. The zero-order valence-electron chi connectivity index (χ0n) is 14.5. The molecular formula is C20H20O5. The summed E-state index contributed by atoms with van der Waals surface area (Å²) in [5.74, 6) is 2.00. The first-order valence-corrected chi connectivity index (χ1v) is 8.05. The minimum Gasteiger partial charge on any atom is -0.497 e. The van der Waals surface area contributed by atoms with Crippen molar-refractivity contribution >= 4 is 11.0 Å². The van der Waals surface area contributed by atoms with Crippen LogP contribution in [-0.4, -0.2) is 20.8 Å². The predicted molar refractivity (Wildman–Crippen MR) is 96.0 cm³/mol. The summed E-state index contributed by atoms with van der Waals surface area (Å²) in [6.07, 6.45) is 0.471. The molecule has 0 amide bonds. The summed E-state index contributed by atoms with van der Waals surface area (Å²) in [6.45, 7) is 2.42. The molecule has 1 aromatic heterocycles. The van der Waals surface area contributed by atoms with Crippen molar-refractivity contribution in [3.63, 3.8) is 0 Å². The molecule has 0 unspecified atom stereocenters. The average Bonchev–Trinajstić information content (AvgIpc) is 2.63. The van der Waals surface area contributed by atoms with Gasteiger partial charge in [0.05, 0.1) is 26.2 Å². The first kappa shape index (κ1) is 16.9. The summed E-state index contributed by atoms with van der Waals surface area (Å²) < 4.78 is 21.6. The minimum atomic E-state index is -0.362. The maximum Gasteiger partial charge on any atom is 0.339 e. The largest absolute Gasteiger partial charge is 0.497 e. The molecule has 0 saturated heterocycles. The van der Waals surface area contributed by atoms with Crippen LogP contribution in [0.25, 0.3) is 11.0 Å². The molecule has 0 N–H and O–H groups in total. The molecule has 0 aliphatic carbocycles. The maximum atomic E-state index is 12.4. The Morgan fingerprint density at radius 1 is 0.960 bits per heavy atom. The van der Waals surface area contributed by atoms with Crippen molar-refractivity contribution in [2.45, 2.75) is 13.3 Å². The van der Waals surface area contributed by atoms with Gasteiger partial charge in [-0.05, 0) is 30.7 Å². The van der Waals surface area contributed by atoms with Crippen LogP contribution in [0.5, 0.6) is 17.2 Å². The zero-order chi connectivity index (χ0) is 17.8. The Kier molecular flexibility index (Phi) is 4.93. The number of fused-ring (bicyclic) bond motifs is 1. The molecule has 5 nitrogen and oxygen atoms in total. The molecule has 0 saturated carbocycles. The van der Waals surface area contributed by atoms with E-state index in [1.807, 2.05) is 37.3 Å². The SMILES string of the molecule is CCOc1cc(OC)c2cc(Cc3ccc(OC)cc3)c(=O)oc2c1. The Morgan fingerprint density at radius 2 is 1.72 bits per heavy atom. The van der Waals surface area contributed by atoms with E-state index in [1.54, 1.807) is 26.4 Å². The van der Waals surface area contributed by atoms with Gasteiger partial charge in [-0.2, -0.15) is 0 Å².